The standard InChI is InChI=1S/C23H15ClIN3O3/c1-14-3-2-4-15(11-14)5-10-22-26-20-8-6-16(25)12-18(20)23(29)27(22)21-9-7-17(28(30)31)13-19(21)24/h2-13H,1H3. The van der Waals surface area contributed by atoms with Crippen LogP contribution in [0.5, 0.6) is 0 Å². The van der Waals surface area contributed by atoms with Crippen molar-refractivity contribution in [2.45, 2.75) is 6.92 Å². The van der Waals surface area contributed by atoms with Gasteiger partial charge in [-0.25, -0.2) is 4.98 Å². The van der Waals surface area contributed by atoms with E-state index in [1.165, 1.54) is 22.8 Å². The minimum Gasteiger partial charge on any atom is -0.268 e. The predicted molar refractivity (Wildman–Crippen MR) is 132 cm³/mol. The molecule has 0 aliphatic rings. The van der Waals surface area contributed by atoms with Crippen LogP contribution in [-0.2, 0) is 0 Å². The van der Waals surface area contributed by atoms with E-state index >= 15 is 0 Å². The minimum absolute atomic E-state index is 0.0910. The van der Waals surface area contributed by atoms with Gasteiger partial charge in [-0.05, 0) is 65.4 Å². The molecule has 31 heavy (non-hydrogen) atoms. The molecule has 0 aliphatic carbocycles. The molecular weight excluding hydrogens is 529 g/mol. The molecule has 4 aromatic rings. The quantitative estimate of drug-likeness (QED) is 0.179. The van der Waals surface area contributed by atoms with E-state index in [-0.39, 0.29) is 16.3 Å². The van der Waals surface area contributed by atoms with E-state index in [0.717, 1.165) is 14.7 Å². The fraction of sp³-hybridized carbons (Fsp3) is 0.0435. The highest BCUT2D eigenvalue weighted by Crippen LogP contribution is 2.27. The molecule has 1 aromatic heterocycles. The lowest BCUT2D eigenvalue weighted by molar-refractivity contribution is -0.384. The van der Waals surface area contributed by atoms with Gasteiger partial charge in [0.25, 0.3) is 11.2 Å². The molecule has 0 N–H and O–H groups in total. The Morgan fingerprint density at radius 1 is 1.10 bits per heavy atom. The maximum atomic E-state index is 13.4. The SMILES string of the molecule is Cc1cccc(C=Cc2nc3ccc(I)cc3c(=O)n2-c2ccc([N+](=O)[O-])cc2Cl)c1. The van der Waals surface area contributed by atoms with Gasteiger partial charge in [0.2, 0.25) is 0 Å². The van der Waals surface area contributed by atoms with Crippen molar-refractivity contribution >= 4 is 62.9 Å². The fourth-order valence-electron chi connectivity index (χ4n) is 3.25. The lowest BCUT2D eigenvalue weighted by atomic mass is 10.1. The lowest BCUT2D eigenvalue weighted by Crippen LogP contribution is -2.22. The van der Waals surface area contributed by atoms with Crippen molar-refractivity contribution in [1.82, 2.24) is 9.55 Å². The van der Waals surface area contributed by atoms with Crippen LogP contribution in [0.1, 0.15) is 17.0 Å². The molecule has 0 saturated heterocycles. The van der Waals surface area contributed by atoms with Gasteiger partial charge in [0.05, 0.1) is 26.5 Å². The van der Waals surface area contributed by atoms with E-state index in [0.29, 0.717) is 22.4 Å². The molecule has 0 bridgehead atoms. The summed E-state index contributed by atoms with van der Waals surface area (Å²) in [4.78, 5) is 28.7. The average molecular weight is 544 g/mol. The second kappa shape index (κ2) is 8.60. The Labute approximate surface area is 196 Å². The van der Waals surface area contributed by atoms with Gasteiger partial charge in [0, 0.05) is 15.7 Å². The highest BCUT2D eigenvalue weighted by molar-refractivity contribution is 14.1. The molecule has 4 rings (SSSR count). The number of nitro benzene ring substituents is 1. The number of nitrogens with zero attached hydrogens (tertiary/aromatic N) is 3. The molecule has 0 unspecified atom stereocenters. The van der Waals surface area contributed by atoms with E-state index in [1.54, 1.807) is 18.2 Å². The van der Waals surface area contributed by atoms with Crippen LogP contribution in [0.2, 0.25) is 5.02 Å². The van der Waals surface area contributed by atoms with E-state index in [9.17, 15) is 14.9 Å². The van der Waals surface area contributed by atoms with E-state index in [1.807, 2.05) is 43.3 Å². The van der Waals surface area contributed by atoms with Gasteiger partial charge in [-0.1, -0.05) is 47.5 Å². The van der Waals surface area contributed by atoms with Gasteiger partial charge in [-0.15, -0.1) is 0 Å². The third-order valence-electron chi connectivity index (χ3n) is 4.71. The molecule has 3 aromatic carbocycles. The molecule has 0 atom stereocenters. The van der Waals surface area contributed by atoms with Gasteiger partial charge >= 0.3 is 0 Å². The van der Waals surface area contributed by atoms with Gasteiger partial charge in [-0.2, -0.15) is 0 Å². The van der Waals surface area contributed by atoms with Gasteiger partial charge in [0.1, 0.15) is 5.82 Å². The van der Waals surface area contributed by atoms with Gasteiger partial charge in [-0.3, -0.25) is 19.5 Å². The predicted octanol–water partition coefficient (Wildman–Crippen LogP) is 6.03. The number of hydrogen-bond donors (Lipinski definition) is 0. The fourth-order valence-corrected chi connectivity index (χ4v) is 4.01. The average Bonchev–Trinajstić information content (AvgIpc) is 2.73. The molecule has 154 valence electrons. The zero-order valence-electron chi connectivity index (χ0n) is 16.3. The third-order valence-corrected chi connectivity index (χ3v) is 5.68. The van der Waals surface area contributed by atoms with Crippen LogP contribution in [0.25, 0.3) is 28.7 Å². The minimum atomic E-state index is -0.530. The highest BCUT2D eigenvalue weighted by atomic mass is 127. The largest absolute Gasteiger partial charge is 0.271 e. The molecule has 0 amide bonds. The smallest absolute Gasteiger partial charge is 0.268 e. The molecular formula is C23H15ClIN3O3. The monoisotopic (exact) mass is 543 g/mol. The Hall–Kier alpha value is -3.04. The number of rotatable bonds is 4. The maximum absolute atomic E-state index is 13.4. The second-order valence-corrected chi connectivity index (χ2v) is 8.57. The molecule has 0 spiro atoms. The third kappa shape index (κ3) is 4.38. The van der Waals surface area contributed by atoms with Crippen LogP contribution < -0.4 is 5.56 Å². The number of halogens is 2. The summed E-state index contributed by atoms with van der Waals surface area (Å²) in [7, 11) is 0. The molecule has 1 heterocycles. The van der Waals surface area contributed by atoms with Crippen molar-refractivity contribution in [2.24, 2.45) is 0 Å². The second-order valence-electron chi connectivity index (χ2n) is 6.91. The summed E-state index contributed by atoms with van der Waals surface area (Å²) in [6.07, 6.45) is 3.61. The number of aromatic nitrogens is 2. The van der Waals surface area contributed by atoms with Crippen LogP contribution in [0, 0.1) is 20.6 Å². The molecule has 0 fully saturated rings. The van der Waals surface area contributed by atoms with Crippen LogP contribution in [0.4, 0.5) is 5.69 Å². The Morgan fingerprint density at radius 3 is 2.61 bits per heavy atom. The molecule has 0 saturated carbocycles. The summed E-state index contributed by atoms with van der Waals surface area (Å²) in [5.74, 6) is 0.371. The molecule has 0 aliphatic heterocycles. The van der Waals surface area contributed by atoms with Crippen molar-refractivity contribution < 1.29 is 4.92 Å². The normalized spacial score (nSPS) is 11.3. The number of nitro groups is 1. The molecule has 8 heteroatoms. The van der Waals surface area contributed by atoms with Crippen molar-refractivity contribution in [1.29, 1.82) is 0 Å². The summed E-state index contributed by atoms with van der Waals surface area (Å²) in [5, 5.41) is 11.6. The topological polar surface area (TPSA) is 78.0 Å². The van der Waals surface area contributed by atoms with Crippen LogP contribution >= 0.6 is 34.2 Å². The summed E-state index contributed by atoms with van der Waals surface area (Å²) in [6.45, 7) is 2.00. The van der Waals surface area contributed by atoms with Crippen LogP contribution in [-0.4, -0.2) is 14.5 Å². The Morgan fingerprint density at radius 2 is 1.90 bits per heavy atom. The Bertz CT molecular complexity index is 1430. The zero-order valence-corrected chi connectivity index (χ0v) is 19.2. The van der Waals surface area contributed by atoms with Crippen molar-refractivity contribution in [3.63, 3.8) is 0 Å². The zero-order chi connectivity index (χ0) is 22.1. The van der Waals surface area contributed by atoms with Crippen molar-refractivity contribution in [3.8, 4) is 5.69 Å². The number of fused-ring (bicyclic) bond motifs is 1. The van der Waals surface area contributed by atoms with Crippen LogP contribution in [0.3, 0.4) is 0 Å². The molecule has 6 nitrogen and oxygen atoms in total. The summed E-state index contributed by atoms with van der Waals surface area (Å²) in [6, 6.07) is 17.4. The number of non-ortho nitro benzene ring substituents is 1. The lowest BCUT2D eigenvalue weighted by Gasteiger charge is -2.13. The Kier molecular flexibility index (Phi) is 5.88. The first kappa shape index (κ1) is 21.2. The van der Waals surface area contributed by atoms with E-state index in [4.69, 9.17) is 11.6 Å². The number of hydrogen-bond acceptors (Lipinski definition) is 4. The van der Waals surface area contributed by atoms with Crippen molar-refractivity contribution in [2.75, 3.05) is 0 Å². The summed E-state index contributed by atoms with van der Waals surface area (Å²) in [5.41, 5.74) is 2.50. The molecule has 0 radical (unpaired) electrons. The summed E-state index contributed by atoms with van der Waals surface area (Å²) >= 11 is 8.49. The first-order valence-electron chi connectivity index (χ1n) is 9.25. The number of benzene rings is 3. The highest BCUT2D eigenvalue weighted by Gasteiger charge is 2.16. The summed E-state index contributed by atoms with van der Waals surface area (Å²) < 4.78 is 2.28. The van der Waals surface area contributed by atoms with E-state index in [2.05, 4.69) is 27.6 Å². The van der Waals surface area contributed by atoms with Gasteiger partial charge < -0.3 is 0 Å². The van der Waals surface area contributed by atoms with Crippen LogP contribution in [0.15, 0.2) is 65.5 Å². The van der Waals surface area contributed by atoms with Crippen molar-refractivity contribution in [3.05, 3.63) is 107 Å². The maximum Gasteiger partial charge on any atom is 0.271 e. The first-order valence-corrected chi connectivity index (χ1v) is 10.7. The van der Waals surface area contributed by atoms with E-state index < -0.39 is 4.92 Å². The Balaban J connectivity index is 1.97. The first-order chi connectivity index (χ1) is 14.8. The van der Waals surface area contributed by atoms with Gasteiger partial charge in [0.15, 0.2) is 0 Å². The number of aryl methyl sites for hydroxylation is 1.